The number of nitrogens with zero attached hydrogens (tertiary/aromatic N) is 3. The summed E-state index contributed by atoms with van der Waals surface area (Å²) < 4.78 is 5.37. The molecule has 1 saturated heterocycles. The number of carbonyl (C=O) groups is 1. The minimum atomic E-state index is 0.0228. The molecule has 0 saturated carbocycles. The minimum Gasteiger partial charge on any atom is -0.468 e. The fourth-order valence-electron chi connectivity index (χ4n) is 2.66. The molecule has 2 aromatic rings. The maximum absolute atomic E-state index is 12.2. The average Bonchev–Trinajstić information content (AvgIpc) is 3.20. The molecule has 0 aliphatic carbocycles. The highest BCUT2D eigenvalue weighted by molar-refractivity contribution is 7.09. The highest BCUT2D eigenvalue weighted by Gasteiger charge is 2.21. The molecule has 2 amide bonds. The van der Waals surface area contributed by atoms with Crippen LogP contribution in [0.3, 0.4) is 0 Å². The van der Waals surface area contributed by atoms with Gasteiger partial charge in [-0.05, 0) is 19.1 Å². The Hall–Kier alpha value is -1.86. The number of furan rings is 1. The van der Waals surface area contributed by atoms with Gasteiger partial charge in [0.25, 0.3) is 0 Å². The molecule has 0 aromatic carbocycles. The number of thiazole rings is 1. The first-order valence-electron chi connectivity index (χ1n) is 7.89. The summed E-state index contributed by atoms with van der Waals surface area (Å²) in [5, 5.41) is 6.10. The number of amides is 2. The van der Waals surface area contributed by atoms with E-state index in [9.17, 15) is 4.79 Å². The van der Waals surface area contributed by atoms with E-state index in [2.05, 4.69) is 20.6 Å². The van der Waals surface area contributed by atoms with Crippen LogP contribution < -0.4 is 5.32 Å². The Kier molecular flexibility index (Phi) is 5.30. The second kappa shape index (κ2) is 7.61. The third-order valence-electron chi connectivity index (χ3n) is 3.94. The maximum Gasteiger partial charge on any atom is 0.317 e. The van der Waals surface area contributed by atoms with Crippen LogP contribution in [0.2, 0.25) is 0 Å². The molecule has 0 bridgehead atoms. The Labute approximate surface area is 140 Å². The smallest absolute Gasteiger partial charge is 0.317 e. The number of aryl methyl sites for hydroxylation is 1. The fraction of sp³-hybridized carbons (Fsp3) is 0.500. The molecule has 0 radical (unpaired) electrons. The molecule has 7 heteroatoms. The Balaban J connectivity index is 1.36. The van der Waals surface area contributed by atoms with Crippen molar-refractivity contribution in [2.45, 2.75) is 19.9 Å². The molecule has 1 N–H and O–H groups in total. The van der Waals surface area contributed by atoms with Gasteiger partial charge in [0.1, 0.15) is 5.76 Å². The van der Waals surface area contributed by atoms with Crippen molar-refractivity contribution in [1.29, 1.82) is 0 Å². The van der Waals surface area contributed by atoms with Crippen LogP contribution in [0.25, 0.3) is 0 Å². The summed E-state index contributed by atoms with van der Waals surface area (Å²) in [5.41, 5.74) is 1.05. The van der Waals surface area contributed by atoms with Gasteiger partial charge in [-0.1, -0.05) is 0 Å². The predicted molar refractivity (Wildman–Crippen MR) is 89.5 cm³/mol. The number of carbonyl (C=O) groups excluding carboxylic acids is 1. The van der Waals surface area contributed by atoms with E-state index in [0.717, 1.165) is 55.6 Å². The fourth-order valence-corrected chi connectivity index (χ4v) is 3.31. The van der Waals surface area contributed by atoms with Crippen LogP contribution in [0.1, 0.15) is 16.5 Å². The second-order valence-corrected chi connectivity index (χ2v) is 6.74. The molecule has 124 valence electrons. The SMILES string of the molecule is Cc1nc(CCNC(=O)N2CCN(Cc3ccco3)CC2)cs1. The number of aromatic nitrogens is 1. The van der Waals surface area contributed by atoms with Crippen molar-refractivity contribution in [3.05, 3.63) is 40.2 Å². The second-order valence-electron chi connectivity index (χ2n) is 5.68. The van der Waals surface area contributed by atoms with Crippen molar-refractivity contribution in [2.24, 2.45) is 0 Å². The molecule has 1 fully saturated rings. The van der Waals surface area contributed by atoms with Crippen LogP contribution in [0.5, 0.6) is 0 Å². The Bertz CT molecular complexity index is 618. The number of piperazine rings is 1. The lowest BCUT2D eigenvalue weighted by Crippen LogP contribution is -2.51. The topological polar surface area (TPSA) is 61.6 Å². The lowest BCUT2D eigenvalue weighted by molar-refractivity contribution is 0.130. The Morgan fingerprint density at radius 2 is 2.22 bits per heavy atom. The Morgan fingerprint density at radius 1 is 1.39 bits per heavy atom. The quantitative estimate of drug-likeness (QED) is 0.910. The number of urea groups is 1. The van der Waals surface area contributed by atoms with Crippen molar-refractivity contribution in [3.8, 4) is 0 Å². The first-order valence-corrected chi connectivity index (χ1v) is 8.77. The van der Waals surface area contributed by atoms with Gasteiger partial charge in [-0.3, -0.25) is 4.90 Å². The van der Waals surface area contributed by atoms with Gasteiger partial charge in [0.15, 0.2) is 0 Å². The molecular weight excluding hydrogens is 312 g/mol. The van der Waals surface area contributed by atoms with Crippen molar-refractivity contribution in [2.75, 3.05) is 32.7 Å². The average molecular weight is 334 g/mol. The third-order valence-corrected chi connectivity index (χ3v) is 4.77. The van der Waals surface area contributed by atoms with Gasteiger partial charge in [0.05, 0.1) is 23.5 Å². The zero-order chi connectivity index (χ0) is 16.1. The molecular formula is C16H22N4O2S. The van der Waals surface area contributed by atoms with E-state index >= 15 is 0 Å². The summed E-state index contributed by atoms with van der Waals surface area (Å²) >= 11 is 1.65. The summed E-state index contributed by atoms with van der Waals surface area (Å²) in [7, 11) is 0. The van der Waals surface area contributed by atoms with Crippen LogP contribution in [-0.2, 0) is 13.0 Å². The highest BCUT2D eigenvalue weighted by atomic mass is 32.1. The third kappa shape index (κ3) is 4.56. The molecule has 0 spiro atoms. The molecule has 1 aliphatic rings. The van der Waals surface area contributed by atoms with E-state index in [-0.39, 0.29) is 6.03 Å². The van der Waals surface area contributed by atoms with Gasteiger partial charge in [0.2, 0.25) is 0 Å². The van der Waals surface area contributed by atoms with Crippen LogP contribution in [-0.4, -0.2) is 53.5 Å². The van der Waals surface area contributed by atoms with Gasteiger partial charge in [0, 0.05) is 44.5 Å². The lowest BCUT2D eigenvalue weighted by Gasteiger charge is -2.34. The predicted octanol–water partition coefficient (Wildman–Crippen LogP) is 2.11. The van der Waals surface area contributed by atoms with E-state index in [1.807, 2.05) is 24.0 Å². The monoisotopic (exact) mass is 334 g/mol. The summed E-state index contributed by atoms with van der Waals surface area (Å²) in [6.45, 7) is 6.69. The molecule has 0 unspecified atom stereocenters. The largest absolute Gasteiger partial charge is 0.468 e. The first kappa shape index (κ1) is 16.0. The zero-order valence-corrected chi connectivity index (χ0v) is 14.1. The first-order chi connectivity index (χ1) is 11.2. The normalized spacial score (nSPS) is 15.8. The number of nitrogens with one attached hydrogen (secondary N) is 1. The molecule has 3 heterocycles. The van der Waals surface area contributed by atoms with Gasteiger partial charge in [-0.2, -0.15) is 0 Å². The molecule has 1 aliphatic heterocycles. The summed E-state index contributed by atoms with van der Waals surface area (Å²) in [6.07, 6.45) is 2.48. The van der Waals surface area contributed by atoms with Gasteiger partial charge in [-0.25, -0.2) is 9.78 Å². The standard InChI is InChI=1S/C16H22N4O2S/c1-13-18-14(12-23-13)4-5-17-16(21)20-8-6-19(7-9-20)11-15-3-2-10-22-15/h2-3,10,12H,4-9,11H2,1H3,(H,17,21). The van der Waals surface area contributed by atoms with E-state index in [1.54, 1.807) is 17.6 Å². The van der Waals surface area contributed by atoms with Crippen LogP contribution in [0.4, 0.5) is 4.79 Å². The lowest BCUT2D eigenvalue weighted by atomic mass is 10.3. The van der Waals surface area contributed by atoms with Gasteiger partial charge >= 0.3 is 6.03 Å². The zero-order valence-electron chi connectivity index (χ0n) is 13.3. The molecule has 2 aromatic heterocycles. The van der Waals surface area contributed by atoms with E-state index < -0.39 is 0 Å². The van der Waals surface area contributed by atoms with Crippen molar-refractivity contribution in [3.63, 3.8) is 0 Å². The van der Waals surface area contributed by atoms with Crippen molar-refractivity contribution >= 4 is 17.4 Å². The van der Waals surface area contributed by atoms with E-state index in [4.69, 9.17) is 4.42 Å². The van der Waals surface area contributed by atoms with E-state index in [0.29, 0.717) is 6.54 Å². The summed E-state index contributed by atoms with van der Waals surface area (Å²) in [4.78, 5) is 20.8. The molecule has 0 atom stereocenters. The number of hydrogen-bond acceptors (Lipinski definition) is 5. The maximum atomic E-state index is 12.2. The molecule has 23 heavy (non-hydrogen) atoms. The highest BCUT2D eigenvalue weighted by Crippen LogP contribution is 2.10. The number of hydrogen-bond donors (Lipinski definition) is 1. The summed E-state index contributed by atoms with van der Waals surface area (Å²) in [6, 6.07) is 3.91. The molecule has 3 rings (SSSR count). The van der Waals surface area contributed by atoms with E-state index in [1.165, 1.54) is 0 Å². The van der Waals surface area contributed by atoms with Crippen LogP contribution >= 0.6 is 11.3 Å². The molecule has 6 nitrogen and oxygen atoms in total. The Morgan fingerprint density at radius 3 is 2.87 bits per heavy atom. The van der Waals surface area contributed by atoms with Crippen LogP contribution in [0.15, 0.2) is 28.2 Å². The number of rotatable bonds is 5. The van der Waals surface area contributed by atoms with Crippen molar-refractivity contribution < 1.29 is 9.21 Å². The van der Waals surface area contributed by atoms with Gasteiger partial charge < -0.3 is 14.6 Å². The summed E-state index contributed by atoms with van der Waals surface area (Å²) in [5.74, 6) is 0.974. The minimum absolute atomic E-state index is 0.0228. The van der Waals surface area contributed by atoms with Crippen molar-refractivity contribution in [1.82, 2.24) is 20.1 Å². The van der Waals surface area contributed by atoms with Gasteiger partial charge in [-0.15, -0.1) is 11.3 Å². The van der Waals surface area contributed by atoms with Crippen LogP contribution in [0, 0.1) is 6.92 Å².